The van der Waals surface area contributed by atoms with Crippen LogP contribution < -0.4 is 25.1 Å². The highest BCUT2D eigenvalue weighted by Gasteiger charge is 2.38. The molecule has 1 fully saturated rings. The van der Waals surface area contributed by atoms with Gasteiger partial charge in [0.15, 0.2) is 11.5 Å². The summed E-state index contributed by atoms with van der Waals surface area (Å²) < 4.78 is 17.2. The Morgan fingerprint density at radius 3 is 2.56 bits per heavy atom. The zero-order valence-electron chi connectivity index (χ0n) is 15.9. The molecule has 1 heterocycles. The maximum absolute atomic E-state index is 10.5. The van der Waals surface area contributed by atoms with E-state index in [2.05, 4.69) is 17.4 Å². The molecule has 0 saturated carbocycles. The van der Waals surface area contributed by atoms with Gasteiger partial charge in [0.1, 0.15) is 24.2 Å². The molecular weight excluding hydrogens is 344 g/mol. The summed E-state index contributed by atoms with van der Waals surface area (Å²) in [6, 6.07) is 12.6. The molecule has 6 heteroatoms. The smallest absolute Gasteiger partial charge is 0.161 e. The minimum atomic E-state index is -0.241. The summed E-state index contributed by atoms with van der Waals surface area (Å²) in [5.74, 6) is 2.08. The first-order valence-electron chi connectivity index (χ1n) is 8.90. The molecule has 1 aliphatic rings. The molecular formula is C21H26N2O4. The number of hydrogen-bond acceptors (Lipinski definition) is 6. The number of rotatable bonds is 7. The summed E-state index contributed by atoms with van der Waals surface area (Å²) in [4.78, 5) is 0. The topological polar surface area (TPSA) is 72.0 Å². The van der Waals surface area contributed by atoms with Gasteiger partial charge in [-0.2, -0.15) is 0 Å². The Bertz CT molecular complexity index is 809. The number of hydrazine groups is 1. The molecule has 144 valence electrons. The van der Waals surface area contributed by atoms with Crippen LogP contribution in [-0.4, -0.2) is 31.0 Å². The predicted molar refractivity (Wildman–Crippen MR) is 104 cm³/mol. The molecule has 1 saturated heterocycles. The molecule has 27 heavy (non-hydrogen) atoms. The highest BCUT2D eigenvalue weighted by atomic mass is 16.5. The van der Waals surface area contributed by atoms with Crippen molar-refractivity contribution in [1.82, 2.24) is 10.9 Å². The Balaban J connectivity index is 1.81. The Morgan fingerprint density at radius 1 is 1.15 bits per heavy atom. The van der Waals surface area contributed by atoms with E-state index in [1.54, 1.807) is 13.2 Å². The van der Waals surface area contributed by atoms with Crippen LogP contribution >= 0.6 is 0 Å². The van der Waals surface area contributed by atoms with E-state index in [1.165, 1.54) is 0 Å². The lowest BCUT2D eigenvalue weighted by atomic mass is 9.98. The SMILES string of the molecule is C=C(C)COc1ccc(C2NNC(C)C2Oc2ccccc2OC)c(O)c1. The van der Waals surface area contributed by atoms with Crippen LogP contribution in [-0.2, 0) is 0 Å². The zero-order valence-corrected chi connectivity index (χ0v) is 15.9. The molecule has 0 amide bonds. The number of ether oxygens (including phenoxy) is 3. The third-order valence-corrected chi connectivity index (χ3v) is 4.44. The minimum Gasteiger partial charge on any atom is -0.507 e. The molecule has 3 N–H and O–H groups in total. The van der Waals surface area contributed by atoms with Crippen molar-refractivity contribution in [3.8, 4) is 23.0 Å². The number of aromatic hydroxyl groups is 1. The van der Waals surface area contributed by atoms with E-state index in [4.69, 9.17) is 14.2 Å². The molecule has 0 radical (unpaired) electrons. The lowest BCUT2D eigenvalue weighted by molar-refractivity contribution is 0.164. The first kappa shape index (κ1) is 19.1. The van der Waals surface area contributed by atoms with Crippen LogP contribution in [0, 0.1) is 0 Å². The number of benzene rings is 2. The van der Waals surface area contributed by atoms with Crippen LogP contribution in [0.2, 0.25) is 0 Å². The highest BCUT2D eigenvalue weighted by molar-refractivity contribution is 5.44. The van der Waals surface area contributed by atoms with Gasteiger partial charge in [-0.1, -0.05) is 18.7 Å². The van der Waals surface area contributed by atoms with Gasteiger partial charge in [0.25, 0.3) is 0 Å². The standard InChI is InChI=1S/C21H26N2O4/c1-13(2)12-26-15-9-10-16(17(24)11-15)20-21(14(3)22-23-20)27-19-8-6-5-7-18(19)25-4/h5-11,14,20-24H,1,12H2,2-4H3. The molecule has 1 aliphatic heterocycles. The van der Waals surface area contributed by atoms with Crippen molar-refractivity contribution >= 4 is 0 Å². The molecule has 3 atom stereocenters. The Hall–Kier alpha value is -2.70. The molecule has 0 aromatic heterocycles. The summed E-state index contributed by atoms with van der Waals surface area (Å²) in [7, 11) is 1.61. The fourth-order valence-corrected chi connectivity index (χ4v) is 3.04. The summed E-state index contributed by atoms with van der Waals surface area (Å²) >= 11 is 0. The number of phenolic OH excluding ortho intramolecular Hbond substituents is 1. The third-order valence-electron chi connectivity index (χ3n) is 4.44. The van der Waals surface area contributed by atoms with Gasteiger partial charge in [-0.05, 0) is 43.7 Å². The number of phenols is 1. The molecule has 6 nitrogen and oxygen atoms in total. The van der Waals surface area contributed by atoms with Crippen molar-refractivity contribution in [2.24, 2.45) is 0 Å². The van der Waals surface area contributed by atoms with E-state index in [9.17, 15) is 5.11 Å². The van der Waals surface area contributed by atoms with E-state index < -0.39 is 0 Å². The molecule has 0 bridgehead atoms. The average Bonchev–Trinajstić information content (AvgIpc) is 3.01. The van der Waals surface area contributed by atoms with Crippen LogP contribution in [0.25, 0.3) is 0 Å². The second kappa shape index (κ2) is 8.33. The van der Waals surface area contributed by atoms with Gasteiger partial charge in [0.05, 0.1) is 19.2 Å². The lowest BCUT2D eigenvalue weighted by Crippen LogP contribution is -2.33. The van der Waals surface area contributed by atoms with E-state index in [0.29, 0.717) is 23.9 Å². The summed E-state index contributed by atoms with van der Waals surface area (Å²) in [5, 5.41) is 10.5. The largest absolute Gasteiger partial charge is 0.507 e. The van der Waals surface area contributed by atoms with Crippen molar-refractivity contribution in [1.29, 1.82) is 0 Å². The van der Waals surface area contributed by atoms with Gasteiger partial charge in [-0.15, -0.1) is 0 Å². The minimum absolute atomic E-state index is 0.0265. The van der Waals surface area contributed by atoms with E-state index in [1.807, 2.05) is 50.2 Å². The summed E-state index contributed by atoms with van der Waals surface area (Å²) in [6.45, 7) is 8.14. The van der Waals surface area contributed by atoms with Crippen molar-refractivity contribution in [2.75, 3.05) is 13.7 Å². The summed E-state index contributed by atoms with van der Waals surface area (Å²) in [5.41, 5.74) is 8.05. The van der Waals surface area contributed by atoms with Gasteiger partial charge >= 0.3 is 0 Å². The lowest BCUT2D eigenvalue weighted by Gasteiger charge is -2.24. The average molecular weight is 370 g/mol. The molecule has 2 aromatic rings. The van der Waals surface area contributed by atoms with Gasteiger partial charge in [-0.25, -0.2) is 5.43 Å². The quantitative estimate of drug-likeness (QED) is 0.650. The monoisotopic (exact) mass is 370 g/mol. The molecule has 0 spiro atoms. The van der Waals surface area contributed by atoms with Crippen molar-refractivity contribution in [2.45, 2.75) is 32.0 Å². The first-order valence-corrected chi connectivity index (χ1v) is 8.90. The van der Waals surface area contributed by atoms with Crippen molar-refractivity contribution in [3.05, 3.63) is 60.2 Å². The number of hydrogen-bond donors (Lipinski definition) is 3. The van der Waals surface area contributed by atoms with E-state index >= 15 is 0 Å². The van der Waals surface area contributed by atoms with Gasteiger partial charge < -0.3 is 19.3 Å². The van der Waals surface area contributed by atoms with Crippen molar-refractivity contribution in [3.63, 3.8) is 0 Å². The number of nitrogens with one attached hydrogen (secondary N) is 2. The Labute approximate surface area is 159 Å². The van der Waals surface area contributed by atoms with Gasteiger partial charge in [0, 0.05) is 11.6 Å². The fourth-order valence-electron chi connectivity index (χ4n) is 3.04. The maximum Gasteiger partial charge on any atom is 0.161 e. The second-order valence-corrected chi connectivity index (χ2v) is 6.75. The molecule has 2 aromatic carbocycles. The number of para-hydroxylation sites is 2. The molecule has 3 unspecified atom stereocenters. The first-order chi connectivity index (χ1) is 13.0. The van der Waals surface area contributed by atoms with Gasteiger partial charge in [0.2, 0.25) is 0 Å². The van der Waals surface area contributed by atoms with Crippen LogP contribution in [0.3, 0.4) is 0 Å². The number of methoxy groups -OCH3 is 1. The van der Waals surface area contributed by atoms with E-state index in [-0.39, 0.29) is 23.9 Å². The Morgan fingerprint density at radius 2 is 1.89 bits per heavy atom. The summed E-state index contributed by atoms with van der Waals surface area (Å²) in [6.07, 6.45) is -0.241. The van der Waals surface area contributed by atoms with E-state index in [0.717, 1.165) is 11.1 Å². The normalized spacial score (nSPS) is 21.7. The fraction of sp³-hybridized carbons (Fsp3) is 0.333. The van der Waals surface area contributed by atoms with Crippen LogP contribution in [0.15, 0.2) is 54.6 Å². The molecule has 3 rings (SSSR count). The zero-order chi connectivity index (χ0) is 19.4. The highest BCUT2D eigenvalue weighted by Crippen LogP contribution is 2.36. The van der Waals surface area contributed by atoms with Crippen LogP contribution in [0.4, 0.5) is 0 Å². The molecule has 0 aliphatic carbocycles. The predicted octanol–water partition coefficient (Wildman–Crippen LogP) is 3.34. The van der Waals surface area contributed by atoms with Crippen molar-refractivity contribution < 1.29 is 19.3 Å². The third kappa shape index (κ3) is 4.35. The Kier molecular flexibility index (Phi) is 5.88. The maximum atomic E-state index is 10.5. The van der Waals surface area contributed by atoms with Crippen LogP contribution in [0.5, 0.6) is 23.0 Å². The van der Waals surface area contributed by atoms with Gasteiger partial charge in [-0.3, -0.25) is 5.43 Å². The second-order valence-electron chi connectivity index (χ2n) is 6.75. The van der Waals surface area contributed by atoms with Crippen LogP contribution in [0.1, 0.15) is 25.5 Å².